The molecule has 0 saturated heterocycles. The molecule has 0 atom stereocenters. The minimum Gasteiger partial charge on any atom is -0.424 e. The van der Waals surface area contributed by atoms with E-state index in [9.17, 15) is 0 Å². The molecular weight excluding hydrogens is 330 g/mol. The molecule has 0 fully saturated rings. The maximum Gasteiger partial charge on any atom is 0.300 e. The number of nitrogens with zero attached hydrogens (tertiary/aromatic N) is 2. The zero-order valence-electron chi connectivity index (χ0n) is 14.6. The fraction of sp³-hybridized carbons (Fsp3) is 0.200. The lowest BCUT2D eigenvalue weighted by molar-refractivity contribution is 0.542. The van der Waals surface area contributed by atoms with E-state index >= 15 is 0 Å². The second kappa shape index (κ2) is 7.94. The first-order valence-electron chi connectivity index (χ1n) is 8.41. The molecule has 0 aliphatic heterocycles. The van der Waals surface area contributed by atoms with Crippen molar-refractivity contribution < 1.29 is 4.42 Å². The predicted molar refractivity (Wildman–Crippen MR) is 105 cm³/mol. The van der Waals surface area contributed by atoms with Crippen molar-refractivity contribution in [2.24, 2.45) is 0 Å². The van der Waals surface area contributed by atoms with Crippen molar-refractivity contribution in [3.63, 3.8) is 0 Å². The van der Waals surface area contributed by atoms with Crippen molar-refractivity contribution in [2.75, 3.05) is 5.32 Å². The Hall–Kier alpha value is -2.66. The number of oxazole rings is 1. The van der Waals surface area contributed by atoms with Crippen LogP contribution in [0.25, 0.3) is 23.4 Å². The first-order valence-corrected chi connectivity index (χ1v) is 9.29. The molecular formula is C20H21N3OS. The number of allylic oxidation sites excluding steroid dienone is 2. The average molecular weight is 351 g/mol. The van der Waals surface area contributed by atoms with E-state index in [-0.39, 0.29) is 0 Å². The van der Waals surface area contributed by atoms with Crippen LogP contribution >= 0.6 is 11.3 Å². The maximum absolute atomic E-state index is 5.78. The number of hydrogen-bond acceptors (Lipinski definition) is 5. The van der Waals surface area contributed by atoms with Gasteiger partial charge in [-0.1, -0.05) is 38.1 Å². The van der Waals surface area contributed by atoms with Gasteiger partial charge >= 0.3 is 0 Å². The summed E-state index contributed by atoms with van der Waals surface area (Å²) >= 11 is 1.65. The highest BCUT2D eigenvalue weighted by Gasteiger charge is 2.06. The van der Waals surface area contributed by atoms with Gasteiger partial charge in [0, 0.05) is 16.6 Å². The van der Waals surface area contributed by atoms with Gasteiger partial charge in [0.25, 0.3) is 6.01 Å². The smallest absolute Gasteiger partial charge is 0.300 e. The number of rotatable bonds is 3. The van der Waals surface area contributed by atoms with Crippen molar-refractivity contribution in [3.05, 3.63) is 57.6 Å². The van der Waals surface area contributed by atoms with Crippen LogP contribution < -0.4 is 16.1 Å². The number of aryl methyl sites for hydroxylation is 1. The number of aromatic nitrogens is 2. The number of thiazole rings is 1. The Morgan fingerprint density at radius 2 is 2.08 bits per heavy atom. The summed E-state index contributed by atoms with van der Waals surface area (Å²) < 4.78 is 5.78. The number of nitrogens with one attached hydrogen (secondary N) is 1. The van der Waals surface area contributed by atoms with Crippen LogP contribution in [-0.2, 0) is 0 Å². The van der Waals surface area contributed by atoms with E-state index in [1.54, 1.807) is 11.3 Å². The Morgan fingerprint density at radius 3 is 2.88 bits per heavy atom. The molecule has 0 bridgehead atoms. The molecule has 5 heteroatoms. The third kappa shape index (κ3) is 4.06. The Labute approximate surface area is 151 Å². The fourth-order valence-electron chi connectivity index (χ4n) is 2.45. The van der Waals surface area contributed by atoms with Crippen LogP contribution in [0.1, 0.15) is 25.3 Å². The summed E-state index contributed by atoms with van der Waals surface area (Å²) in [6.07, 6.45) is 8.92. The summed E-state index contributed by atoms with van der Waals surface area (Å²) in [6.45, 7) is 6.01. The molecule has 3 aromatic rings. The molecule has 1 aliphatic rings. The normalized spacial score (nSPS) is 12.1. The largest absolute Gasteiger partial charge is 0.424 e. The second-order valence-corrected chi connectivity index (χ2v) is 6.32. The Kier molecular flexibility index (Phi) is 5.46. The lowest BCUT2D eigenvalue weighted by Gasteiger charge is -2.03. The highest BCUT2D eigenvalue weighted by molar-refractivity contribution is 7.09. The van der Waals surface area contributed by atoms with Crippen molar-refractivity contribution in [2.45, 2.75) is 27.2 Å². The molecule has 2 aromatic heterocycles. The van der Waals surface area contributed by atoms with Crippen molar-refractivity contribution in [3.8, 4) is 11.3 Å². The quantitative estimate of drug-likeness (QED) is 0.760. The van der Waals surface area contributed by atoms with Crippen LogP contribution in [0.4, 0.5) is 11.7 Å². The van der Waals surface area contributed by atoms with Crippen LogP contribution in [0, 0.1) is 6.92 Å². The van der Waals surface area contributed by atoms with E-state index in [0.717, 1.165) is 39.1 Å². The van der Waals surface area contributed by atoms with Crippen LogP contribution in [0.5, 0.6) is 0 Å². The molecule has 1 aliphatic carbocycles. The maximum atomic E-state index is 5.78. The van der Waals surface area contributed by atoms with Crippen LogP contribution in [0.3, 0.4) is 0 Å². The minimum atomic E-state index is 0.504. The molecule has 0 radical (unpaired) electrons. The molecule has 128 valence electrons. The second-order valence-electron chi connectivity index (χ2n) is 5.26. The molecule has 4 rings (SSSR count). The average Bonchev–Trinajstić information content (AvgIpc) is 3.17. The summed E-state index contributed by atoms with van der Waals surface area (Å²) in [4.78, 5) is 9.01. The number of anilines is 2. The van der Waals surface area contributed by atoms with Crippen molar-refractivity contribution >= 4 is 35.2 Å². The molecule has 1 aromatic carbocycles. The minimum absolute atomic E-state index is 0.504. The lowest BCUT2D eigenvalue weighted by Crippen LogP contribution is -2.20. The van der Waals surface area contributed by atoms with Gasteiger partial charge in [-0.05, 0) is 37.6 Å². The molecule has 0 spiro atoms. The molecule has 0 amide bonds. The van der Waals surface area contributed by atoms with E-state index < -0.39 is 0 Å². The van der Waals surface area contributed by atoms with E-state index in [2.05, 4.69) is 38.9 Å². The van der Waals surface area contributed by atoms with E-state index in [0.29, 0.717) is 6.01 Å². The van der Waals surface area contributed by atoms with Gasteiger partial charge in [0.05, 0.1) is 10.7 Å². The summed E-state index contributed by atoms with van der Waals surface area (Å²) in [5, 5.41) is 7.22. The molecule has 2 heterocycles. The van der Waals surface area contributed by atoms with Crippen molar-refractivity contribution in [1.29, 1.82) is 0 Å². The monoisotopic (exact) mass is 351 g/mol. The number of benzene rings is 1. The SMILES string of the molecule is CC.Cc1nc(-c2cccc(Nc3nc4c(o3)=CCC=CC=4)c2)cs1. The summed E-state index contributed by atoms with van der Waals surface area (Å²) in [5.74, 6) is 0. The predicted octanol–water partition coefficient (Wildman–Crippen LogP) is 4.40. The van der Waals surface area contributed by atoms with Crippen LogP contribution in [-0.4, -0.2) is 9.97 Å². The molecule has 0 saturated carbocycles. The Morgan fingerprint density at radius 1 is 1.20 bits per heavy atom. The van der Waals surface area contributed by atoms with Gasteiger partial charge in [-0.3, -0.25) is 0 Å². The zero-order chi connectivity index (χ0) is 17.6. The van der Waals surface area contributed by atoms with Gasteiger partial charge in [-0.15, -0.1) is 11.3 Å². The first kappa shape index (κ1) is 17.2. The van der Waals surface area contributed by atoms with Gasteiger partial charge in [0.2, 0.25) is 0 Å². The topological polar surface area (TPSA) is 51.0 Å². The Balaban J connectivity index is 0.000000880. The molecule has 0 unspecified atom stereocenters. The third-order valence-electron chi connectivity index (χ3n) is 3.54. The standard InChI is InChI=1S/C18H15N3OS.C2H6/c1-12-19-16(11-23-12)13-6-5-7-14(10-13)20-18-21-15-8-3-2-4-9-17(15)22-18;1-2/h2-3,5-11H,4H2,1H3,(H,20,21);1-2H3. The molecule has 1 N–H and O–H groups in total. The lowest BCUT2D eigenvalue weighted by atomic mass is 10.1. The zero-order valence-corrected chi connectivity index (χ0v) is 15.4. The van der Waals surface area contributed by atoms with Gasteiger partial charge in [-0.2, -0.15) is 4.98 Å². The van der Waals surface area contributed by atoms with E-state index in [4.69, 9.17) is 4.42 Å². The van der Waals surface area contributed by atoms with Crippen LogP contribution in [0.2, 0.25) is 0 Å². The summed E-state index contributed by atoms with van der Waals surface area (Å²) in [7, 11) is 0. The van der Waals surface area contributed by atoms with Gasteiger partial charge in [0.15, 0.2) is 5.42 Å². The van der Waals surface area contributed by atoms with Gasteiger partial charge < -0.3 is 9.73 Å². The fourth-order valence-corrected chi connectivity index (χ4v) is 3.07. The summed E-state index contributed by atoms with van der Waals surface area (Å²) in [5.41, 5.74) is 3.81. The van der Waals surface area contributed by atoms with Crippen LogP contribution in [0.15, 0.2) is 46.2 Å². The molecule has 4 nitrogen and oxygen atoms in total. The number of hydrogen-bond donors (Lipinski definition) is 1. The summed E-state index contributed by atoms with van der Waals surface area (Å²) in [6, 6.07) is 8.60. The number of fused-ring (bicyclic) bond motifs is 1. The van der Waals surface area contributed by atoms with Gasteiger partial charge in [0.1, 0.15) is 5.35 Å². The van der Waals surface area contributed by atoms with Crippen molar-refractivity contribution in [1.82, 2.24) is 9.97 Å². The Bertz CT molecular complexity index is 998. The van der Waals surface area contributed by atoms with Gasteiger partial charge in [-0.25, -0.2) is 4.98 Å². The third-order valence-corrected chi connectivity index (χ3v) is 4.31. The first-order chi connectivity index (χ1) is 12.3. The van der Waals surface area contributed by atoms with E-state index in [1.807, 2.05) is 51.1 Å². The van der Waals surface area contributed by atoms with E-state index in [1.165, 1.54) is 0 Å². The molecule has 25 heavy (non-hydrogen) atoms. The highest BCUT2D eigenvalue weighted by atomic mass is 32.1. The highest BCUT2D eigenvalue weighted by Crippen LogP contribution is 2.25.